The molecular formula is C17H22N5P. The summed E-state index contributed by atoms with van der Waals surface area (Å²) in [5.41, 5.74) is -1.77. The van der Waals surface area contributed by atoms with Gasteiger partial charge in [-0.05, 0) is 38.0 Å². The molecule has 0 atom stereocenters. The van der Waals surface area contributed by atoms with Crippen molar-refractivity contribution >= 4 is 7.92 Å². The van der Waals surface area contributed by atoms with Crippen LogP contribution in [-0.4, -0.2) is 17.5 Å². The van der Waals surface area contributed by atoms with E-state index in [2.05, 4.69) is 26.0 Å². The van der Waals surface area contributed by atoms with Crippen molar-refractivity contribution in [2.24, 2.45) is 5.41 Å². The summed E-state index contributed by atoms with van der Waals surface area (Å²) in [5, 5.41) is 45.4. The quantitative estimate of drug-likeness (QED) is 0.557. The lowest BCUT2D eigenvalue weighted by Crippen LogP contribution is -2.28. The number of unbranched alkanes of at least 4 members (excludes halogenated alkanes) is 2. The van der Waals surface area contributed by atoms with Crippen molar-refractivity contribution in [2.45, 2.75) is 57.5 Å². The molecular weight excluding hydrogens is 305 g/mol. The first-order valence-electron chi connectivity index (χ1n) is 7.85. The fourth-order valence-electron chi connectivity index (χ4n) is 2.24. The smallest absolute Gasteiger partial charge is 0.196 e. The Morgan fingerprint density at radius 1 is 0.696 bits per heavy atom. The van der Waals surface area contributed by atoms with Gasteiger partial charge in [-0.1, -0.05) is 34.6 Å². The van der Waals surface area contributed by atoms with Crippen molar-refractivity contribution in [3.05, 3.63) is 0 Å². The highest BCUT2D eigenvalue weighted by molar-refractivity contribution is 7.60. The minimum absolute atomic E-state index is 0.0608. The zero-order valence-electron chi connectivity index (χ0n) is 13.8. The summed E-state index contributed by atoms with van der Waals surface area (Å²) >= 11 is 0. The first-order chi connectivity index (χ1) is 11.0. The van der Waals surface area contributed by atoms with Crippen molar-refractivity contribution in [3.8, 4) is 30.3 Å². The van der Waals surface area contributed by atoms with Gasteiger partial charge >= 0.3 is 0 Å². The summed E-state index contributed by atoms with van der Waals surface area (Å²) in [7, 11) is -0.839. The normalized spacial score (nSPS) is 10.9. The van der Waals surface area contributed by atoms with E-state index in [0.717, 1.165) is 38.0 Å². The molecule has 0 rings (SSSR count). The highest BCUT2D eigenvalue weighted by Gasteiger charge is 2.42. The molecule has 0 heterocycles. The van der Waals surface area contributed by atoms with Crippen molar-refractivity contribution < 1.29 is 0 Å². The van der Waals surface area contributed by atoms with Crippen LogP contribution in [0.5, 0.6) is 0 Å². The molecule has 0 unspecified atom stereocenters. The van der Waals surface area contributed by atoms with Gasteiger partial charge in [-0.15, -0.1) is 0 Å². The molecule has 0 spiro atoms. The molecule has 0 aromatic heterocycles. The molecule has 0 bridgehead atoms. The third-order valence-corrected chi connectivity index (χ3v) is 7.12. The predicted octanol–water partition coefficient (Wildman–Crippen LogP) is 4.19. The SMILES string of the molecule is CCCCP(CCCC)C(C#N)(C#N)CCC(C#N)(C#N)C#N. The maximum absolute atomic E-state index is 9.66. The zero-order chi connectivity index (χ0) is 17.8. The minimum atomic E-state index is -1.77. The summed E-state index contributed by atoms with van der Waals surface area (Å²) < 4.78 is 0. The molecule has 0 aliphatic rings. The van der Waals surface area contributed by atoms with E-state index in [4.69, 9.17) is 15.8 Å². The third-order valence-electron chi connectivity index (χ3n) is 3.91. The maximum atomic E-state index is 9.66. The van der Waals surface area contributed by atoms with Gasteiger partial charge in [0, 0.05) is 0 Å². The first-order valence-corrected chi connectivity index (χ1v) is 9.56. The Bertz CT molecular complexity index is 521. The fraction of sp³-hybridized carbons (Fsp3) is 0.706. The number of hydrogen-bond acceptors (Lipinski definition) is 5. The van der Waals surface area contributed by atoms with Gasteiger partial charge in [-0.2, -0.15) is 26.3 Å². The van der Waals surface area contributed by atoms with Crippen LogP contribution >= 0.6 is 7.92 Å². The van der Waals surface area contributed by atoms with Crippen LogP contribution in [0, 0.1) is 62.1 Å². The van der Waals surface area contributed by atoms with Gasteiger partial charge in [-0.3, -0.25) is 0 Å². The van der Waals surface area contributed by atoms with E-state index < -0.39 is 18.5 Å². The number of rotatable bonds is 10. The van der Waals surface area contributed by atoms with Crippen molar-refractivity contribution in [1.82, 2.24) is 0 Å². The van der Waals surface area contributed by atoms with Crippen LogP contribution in [0.25, 0.3) is 0 Å². The standard InChI is InChI=1S/C17H22N5P/c1-3-5-9-23(10-6-4-2)17(14-21,15-22)8-7-16(11-18,12-19)13-20/h3-10H2,1-2H3. The molecule has 0 fully saturated rings. The molecule has 120 valence electrons. The highest BCUT2D eigenvalue weighted by atomic mass is 31.1. The molecule has 0 amide bonds. The van der Waals surface area contributed by atoms with Crippen LogP contribution in [0.4, 0.5) is 0 Å². The Hall–Kier alpha value is -2.12. The molecule has 0 saturated heterocycles. The third kappa shape index (κ3) is 5.54. The highest BCUT2D eigenvalue weighted by Crippen LogP contribution is 2.53. The van der Waals surface area contributed by atoms with E-state index in [-0.39, 0.29) is 12.8 Å². The topological polar surface area (TPSA) is 119 Å². The maximum Gasteiger partial charge on any atom is 0.228 e. The van der Waals surface area contributed by atoms with Gasteiger partial charge in [0.1, 0.15) is 18.2 Å². The Labute approximate surface area is 140 Å². The monoisotopic (exact) mass is 327 g/mol. The van der Waals surface area contributed by atoms with Crippen LogP contribution in [0.1, 0.15) is 52.4 Å². The Kier molecular flexibility index (Phi) is 9.60. The van der Waals surface area contributed by atoms with Crippen molar-refractivity contribution in [2.75, 3.05) is 12.3 Å². The summed E-state index contributed by atoms with van der Waals surface area (Å²) in [6.07, 6.45) is 5.63. The number of hydrogen-bond donors (Lipinski definition) is 0. The molecule has 0 aromatic carbocycles. The molecule has 5 nitrogen and oxygen atoms in total. The van der Waals surface area contributed by atoms with E-state index in [1.807, 2.05) is 0 Å². The second kappa shape index (κ2) is 10.6. The Balaban J connectivity index is 5.42. The van der Waals surface area contributed by atoms with E-state index in [1.165, 1.54) is 0 Å². The summed E-state index contributed by atoms with van der Waals surface area (Å²) in [5.74, 6) is 0. The average molecular weight is 327 g/mol. The summed E-state index contributed by atoms with van der Waals surface area (Å²) in [6, 6.07) is 9.52. The van der Waals surface area contributed by atoms with Gasteiger partial charge in [0.25, 0.3) is 0 Å². The van der Waals surface area contributed by atoms with E-state index in [0.29, 0.717) is 0 Å². The van der Waals surface area contributed by atoms with Gasteiger partial charge in [0.2, 0.25) is 5.41 Å². The zero-order valence-corrected chi connectivity index (χ0v) is 14.7. The van der Waals surface area contributed by atoms with Crippen molar-refractivity contribution in [1.29, 1.82) is 26.3 Å². The van der Waals surface area contributed by atoms with Crippen LogP contribution in [0.2, 0.25) is 0 Å². The first kappa shape index (κ1) is 20.9. The Morgan fingerprint density at radius 3 is 1.43 bits per heavy atom. The predicted molar refractivity (Wildman–Crippen MR) is 88.9 cm³/mol. The molecule has 0 aromatic rings. The van der Waals surface area contributed by atoms with Crippen LogP contribution in [0.3, 0.4) is 0 Å². The number of nitrogens with zero attached hydrogens (tertiary/aromatic N) is 5. The second-order valence-corrected chi connectivity index (χ2v) is 8.26. The average Bonchev–Trinajstić information content (AvgIpc) is 2.61. The lowest BCUT2D eigenvalue weighted by molar-refractivity contribution is 0.553. The second-order valence-electron chi connectivity index (χ2n) is 5.52. The largest absolute Gasteiger partial charge is 0.228 e. The van der Waals surface area contributed by atoms with Gasteiger partial charge in [-0.25, -0.2) is 0 Å². The van der Waals surface area contributed by atoms with Crippen molar-refractivity contribution in [3.63, 3.8) is 0 Å². The van der Waals surface area contributed by atoms with Crippen LogP contribution < -0.4 is 0 Å². The molecule has 23 heavy (non-hydrogen) atoms. The lowest BCUT2D eigenvalue weighted by atomic mass is 9.85. The summed E-state index contributed by atoms with van der Waals surface area (Å²) in [4.78, 5) is 0. The lowest BCUT2D eigenvalue weighted by Gasteiger charge is -2.30. The summed E-state index contributed by atoms with van der Waals surface area (Å²) in [6.45, 7) is 4.14. The Morgan fingerprint density at radius 2 is 1.13 bits per heavy atom. The minimum Gasteiger partial charge on any atom is -0.196 e. The molecule has 0 aliphatic carbocycles. The molecule has 0 radical (unpaired) electrons. The van der Waals surface area contributed by atoms with E-state index in [1.54, 1.807) is 18.2 Å². The number of nitriles is 5. The van der Waals surface area contributed by atoms with E-state index in [9.17, 15) is 10.5 Å². The van der Waals surface area contributed by atoms with Gasteiger partial charge in [0.05, 0.1) is 12.1 Å². The van der Waals surface area contributed by atoms with Gasteiger partial charge < -0.3 is 0 Å². The molecule has 0 N–H and O–H groups in total. The molecule has 0 aliphatic heterocycles. The van der Waals surface area contributed by atoms with E-state index >= 15 is 0 Å². The van der Waals surface area contributed by atoms with Gasteiger partial charge in [0.15, 0.2) is 5.16 Å². The van der Waals surface area contributed by atoms with Crippen LogP contribution in [0.15, 0.2) is 0 Å². The van der Waals surface area contributed by atoms with Crippen LogP contribution in [-0.2, 0) is 0 Å². The fourth-order valence-corrected chi connectivity index (χ4v) is 5.33. The molecule has 0 saturated carbocycles. The molecule has 6 heteroatoms.